The molecule has 0 aliphatic heterocycles. The molecule has 2 aromatic carbocycles. The molecule has 2 nitrogen and oxygen atoms in total. The van der Waals surface area contributed by atoms with E-state index in [4.69, 9.17) is 0 Å². The Hall–Kier alpha value is -1.75. The molecule has 0 aromatic heterocycles. The van der Waals surface area contributed by atoms with Gasteiger partial charge in [-0.2, -0.15) is 0 Å². The van der Waals surface area contributed by atoms with E-state index >= 15 is 0 Å². The maximum atomic E-state index is 13.7. The Labute approximate surface area is 125 Å². The van der Waals surface area contributed by atoms with Gasteiger partial charge in [0.25, 0.3) is 0 Å². The first-order chi connectivity index (χ1) is 9.97. The summed E-state index contributed by atoms with van der Waals surface area (Å²) >= 11 is 0. The van der Waals surface area contributed by atoms with Gasteiger partial charge < -0.3 is 5.32 Å². The predicted molar refractivity (Wildman–Crippen MR) is 81.9 cm³/mol. The van der Waals surface area contributed by atoms with Crippen LogP contribution in [-0.2, 0) is 17.2 Å². The Balaban J connectivity index is 2.06. The molecule has 2 rings (SSSR count). The summed E-state index contributed by atoms with van der Waals surface area (Å²) in [5.41, 5.74) is 1.20. The molecule has 0 radical (unpaired) electrons. The molecule has 5 heteroatoms. The summed E-state index contributed by atoms with van der Waals surface area (Å²) in [7, 11) is -1.35. The maximum Gasteiger partial charge on any atom is 0.141 e. The van der Waals surface area contributed by atoms with Crippen molar-refractivity contribution >= 4 is 16.5 Å². The number of anilines is 1. The van der Waals surface area contributed by atoms with Crippen LogP contribution in [0.3, 0.4) is 0 Å². The van der Waals surface area contributed by atoms with Crippen LogP contribution in [0.2, 0.25) is 0 Å². The Morgan fingerprint density at radius 1 is 1.14 bits per heavy atom. The lowest BCUT2D eigenvalue weighted by atomic mass is 10.1. The van der Waals surface area contributed by atoms with E-state index in [2.05, 4.69) is 5.32 Å². The minimum Gasteiger partial charge on any atom is -0.382 e. The van der Waals surface area contributed by atoms with Crippen molar-refractivity contribution in [2.75, 3.05) is 11.6 Å². The average Bonchev–Trinajstić information content (AvgIpc) is 2.41. The van der Waals surface area contributed by atoms with Crippen molar-refractivity contribution in [3.05, 3.63) is 59.7 Å². The molecule has 1 N–H and O–H groups in total. The van der Waals surface area contributed by atoms with Gasteiger partial charge in [0.1, 0.15) is 11.6 Å². The quantitative estimate of drug-likeness (QED) is 0.911. The predicted octanol–water partition coefficient (Wildman–Crippen LogP) is 3.75. The summed E-state index contributed by atoms with van der Waals surface area (Å²) in [4.78, 5) is 0.183. The first-order valence-electron chi connectivity index (χ1n) is 6.60. The minimum atomic E-state index is -1.35. The van der Waals surface area contributed by atoms with E-state index in [0.29, 0.717) is 17.7 Å². The van der Waals surface area contributed by atoms with E-state index in [1.165, 1.54) is 24.5 Å². The van der Waals surface area contributed by atoms with Gasteiger partial charge in [0.15, 0.2) is 0 Å². The molecule has 0 aliphatic rings. The number of hydrogen-bond acceptors (Lipinski definition) is 2. The molecule has 0 amide bonds. The third kappa shape index (κ3) is 4.11. The van der Waals surface area contributed by atoms with Crippen LogP contribution in [0.4, 0.5) is 14.5 Å². The van der Waals surface area contributed by atoms with Crippen molar-refractivity contribution < 1.29 is 13.0 Å². The van der Waals surface area contributed by atoms with Crippen LogP contribution in [0.1, 0.15) is 12.5 Å². The van der Waals surface area contributed by atoms with E-state index < -0.39 is 16.6 Å². The number of hydrogen-bond donors (Lipinski definition) is 1. The molecule has 0 heterocycles. The topological polar surface area (TPSA) is 29.1 Å². The van der Waals surface area contributed by atoms with Crippen molar-refractivity contribution in [1.82, 2.24) is 0 Å². The second kappa shape index (κ2) is 6.80. The van der Waals surface area contributed by atoms with Crippen LogP contribution in [0.5, 0.6) is 0 Å². The van der Waals surface area contributed by atoms with Gasteiger partial charge in [-0.3, -0.25) is 4.21 Å². The third-order valence-corrected chi connectivity index (χ3v) is 4.09. The summed E-state index contributed by atoms with van der Waals surface area (Å²) in [6, 6.07) is 11.0. The molecule has 0 aliphatic carbocycles. The largest absolute Gasteiger partial charge is 0.382 e. The molecule has 112 valence electrons. The number of benzene rings is 2. The van der Waals surface area contributed by atoms with E-state index in [1.54, 1.807) is 24.3 Å². The molecule has 21 heavy (non-hydrogen) atoms. The van der Waals surface area contributed by atoms with Crippen LogP contribution < -0.4 is 5.32 Å². The van der Waals surface area contributed by atoms with Crippen molar-refractivity contribution in [2.45, 2.75) is 24.3 Å². The Bertz CT molecular complexity index is 660. The zero-order valence-corrected chi connectivity index (χ0v) is 12.7. The monoisotopic (exact) mass is 309 g/mol. The molecule has 0 fully saturated rings. The Morgan fingerprint density at radius 2 is 1.86 bits per heavy atom. The summed E-state index contributed by atoms with van der Waals surface area (Å²) in [6.45, 7) is 1.90. The van der Waals surface area contributed by atoms with Gasteiger partial charge in [0, 0.05) is 18.0 Å². The minimum absolute atomic E-state index is 0.0562. The van der Waals surface area contributed by atoms with Crippen LogP contribution >= 0.6 is 0 Å². The van der Waals surface area contributed by atoms with Gasteiger partial charge in [0.2, 0.25) is 0 Å². The zero-order chi connectivity index (χ0) is 15.4. The maximum absolute atomic E-state index is 13.7. The fourth-order valence-corrected chi connectivity index (χ4v) is 2.75. The van der Waals surface area contributed by atoms with Gasteiger partial charge in [-0.25, -0.2) is 8.78 Å². The van der Waals surface area contributed by atoms with Gasteiger partial charge in [-0.15, -0.1) is 0 Å². The van der Waals surface area contributed by atoms with Gasteiger partial charge >= 0.3 is 0 Å². The molecule has 2 aromatic rings. The highest BCUT2D eigenvalue weighted by Gasteiger charge is 2.10. The highest BCUT2D eigenvalue weighted by molar-refractivity contribution is 7.84. The lowest BCUT2D eigenvalue weighted by Crippen LogP contribution is -2.19. The normalized spacial score (nSPS) is 13.7. The van der Waals surface area contributed by atoms with E-state index in [0.717, 1.165) is 0 Å². The number of halogens is 2. The molecule has 2 atom stereocenters. The smallest absolute Gasteiger partial charge is 0.141 e. The SMILES string of the molecule is CC(Cc1ccccc1F)Nc1ccc(S(C)=O)c(F)c1. The van der Waals surface area contributed by atoms with Gasteiger partial charge in [0.05, 0.1) is 15.7 Å². The van der Waals surface area contributed by atoms with Crippen molar-refractivity contribution in [3.63, 3.8) is 0 Å². The zero-order valence-electron chi connectivity index (χ0n) is 11.9. The lowest BCUT2D eigenvalue weighted by molar-refractivity contribution is 0.594. The Morgan fingerprint density at radius 3 is 2.48 bits per heavy atom. The van der Waals surface area contributed by atoms with Crippen molar-refractivity contribution in [1.29, 1.82) is 0 Å². The Kier molecular flexibility index (Phi) is 5.07. The third-order valence-electron chi connectivity index (χ3n) is 3.14. The fourth-order valence-electron chi connectivity index (χ4n) is 2.15. The average molecular weight is 309 g/mol. The number of rotatable bonds is 5. The van der Waals surface area contributed by atoms with Crippen molar-refractivity contribution in [2.24, 2.45) is 0 Å². The molecular formula is C16H17F2NOS. The standard InChI is InChI=1S/C16H17F2NOS/c1-11(9-12-5-3-4-6-14(12)17)19-13-7-8-16(21(2)20)15(18)10-13/h3-8,10-11,19H,9H2,1-2H3. The molecule has 2 unspecified atom stereocenters. The summed E-state index contributed by atoms with van der Waals surface area (Å²) < 4.78 is 38.6. The molecule has 0 spiro atoms. The molecule has 0 saturated carbocycles. The molecule has 0 bridgehead atoms. The van der Waals surface area contributed by atoms with Crippen LogP contribution in [0.25, 0.3) is 0 Å². The van der Waals surface area contributed by atoms with E-state index in [-0.39, 0.29) is 16.8 Å². The van der Waals surface area contributed by atoms with Crippen LogP contribution in [0.15, 0.2) is 47.4 Å². The number of nitrogens with one attached hydrogen (secondary N) is 1. The van der Waals surface area contributed by atoms with Crippen LogP contribution in [-0.4, -0.2) is 16.5 Å². The molecule has 0 saturated heterocycles. The van der Waals surface area contributed by atoms with Crippen LogP contribution in [0, 0.1) is 11.6 Å². The van der Waals surface area contributed by atoms with Crippen molar-refractivity contribution in [3.8, 4) is 0 Å². The summed E-state index contributed by atoms with van der Waals surface area (Å²) in [5.74, 6) is -0.743. The van der Waals surface area contributed by atoms with E-state index in [9.17, 15) is 13.0 Å². The summed E-state index contributed by atoms with van der Waals surface area (Å²) in [5, 5.41) is 3.12. The highest BCUT2D eigenvalue weighted by Crippen LogP contribution is 2.19. The van der Waals surface area contributed by atoms with E-state index in [1.807, 2.05) is 6.92 Å². The van der Waals surface area contributed by atoms with Gasteiger partial charge in [-0.1, -0.05) is 18.2 Å². The highest BCUT2D eigenvalue weighted by atomic mass is 32.2. The first kappa shape index (κ1) is 15.6. The second-order valence-corrected chi connectivity index (χ2v) is 6.29. The summed E-state index contributed by atoms with van der Waals surface area (Å²) in [6.07, 6.45) is 1.93. The first-order valence-corrected chi connectivity index (χ1v) is 8.16. The molecular weight excluding hydrogens is 292 g/mol. The lowest BCUT2D eigenvalue weighted by Gasteiger charge is -2.16. The second-order valence-electron chi connectivity index (χ2n) is 4.94. The fraction of sp³-hybridized carbons (Fsp3) is 0.250. The van der Waals surface area contributed by atoms with Gasteiger partial charge in [-0.05, 0) is 43.2 Å².